The van der Waals surface area contributed by atoms with Gasteiger partial charge in [-0.1, -0.05) is 25.5 Å². The molecule has 5 heteroatoms. The van der Waals surface area contributed by atoms with Crippen molar-refractivity contribution in [1.29, 1.82) is 0 Å². The molecule has 1 aromatic rings. The van der Waals surface area contributed by atoms with Gasteiger partial charge >= 0.3 is 12.0 Å². The van der Waals surface area contributed by atoms with Crippen molar-refractivity contribution >= 4 is 17.7 Å². The minimum atomic E-state index is -0.677. The molecule has 5 nitrogen and oxygen atoms in total. The fourth-order valence-corrected chi connectivity index (χ4v) is 1.74. The minimum absolute atomic E-state index is 0.427. The van der Waals surface area contributed by atoms with Crippen LogP contribution in [0.5, 0.6) is 0 Å². The summed E-state index contributed by atoms with van der Waals surface area (Å²) in [5, 5.41) is 5.18. The maximum atomic E-state index is 11.7. The predicted octanol–water partition coefficient (Wildman–Crippen LogP) is 2.71. The number of esters is 1. The second-order valence-corrected chi connectivity index (χ2v) is 4.64. The number of hydrogen-bond donors (Lipinski definition) is 2. The molecule has 0 aliphatic carbocycles. The number of amides is 2. The highest BCUT2D eigenvalue weighted by atomic mass is 16.5. The lowest BCUT2D eigenvalue weighted by atomic mass is 10.1. The Kier molecular flexibility index (Phi) is 6.56. The summed E-state index contributed by atoms with van der Waals surface area (Å²) in [4.78, 5) is 22.9. The Bertz CT molecular complexity index is 443. The second-order valence-electron chi connectivity index (χ2n) is 4.64. The van der Waals surface area contributed by atoms with E-state index in [1.165, 1.54) is 12.7 Å². The topological polar surface area (TPSA) is 67.4 Å². The van der Waals surface area contributed by atoms with Crippen LogP contribution < -0.4 is 10.6 Å². The number of nitrogens with one attached hydrogen (secondary N) is 2. The van der Waals surface area contributed by atoms with E-state index in [2.05, 4.69) is 22.3 Å². The number of rotatable bonds is 6. The summed E-state index contributed by atoms with van der Waals surface area (Å²) in [5.41, 5.74) is 1.94. The monoisotopic (exact) mass is 278 g/mol. The van der Waals surface area contributed by atoms with Gasteiger partial charge in [0.2, 0.25) is 0 Å². The molecule has 20 heavy (non-hydrogen) atoms. The van der Waals surface area contributed by atoms with E-state index in [-0.39, 0.29) is 0 Å². The molecule has 2 N–H and O–H groups in total. The van der Waals surface area contributed by atoms with Crippen molar-refractivity contribution in [3.05, 3.63) is 29.8 Å². The third kappa shape index (κ3) is 5.30. The van der Waals surface area contributed by atoms with Gasteiger partial charge in [-0.2, -0.15) is 0 Å². The van der Waals surface area contributed by atoms with Gasteiger partial charge in [-0.3, -0.25) is 0 Å². The first kappa shape index (κ1) is 16.0. The van der Waals surface area contributed by atoms with Crippen LogP contribution in [0.15, 0.2) is 24.3 Å². The number of carbonyl (C=O) groups excluding carboxylic acids is 2. The molecule has 0 radical (unpaired) electrons. The van der Waals surface area contributed by atoms with Crippen molar-refractivity contribution in [3.8, 4) is 0 Å². The number of benzene rings is 1. The largest absolute Gasteiger partial charge is 0.467 e. The second kappa shape index (κ2) is 8.19. The van der Waals surface area contributed by atoms with Crippen LogP contribution in [-0.2, 0) is 16.0 Å². The van der Waals surface area contributed by atoms with Gasteiger partial charge in [-0.25, -0.2) is 9.59 Å². The Morgan fingerprint density at radius 3 is 2.45 bits per heavy atom. The molecule has 0 saturated heterocycles. The van der Waals surface area contributed by atoms with Crippen LogP contribution in [0.1, 0.15) is 32.3 Å². The first-order valence-corrected chi connectivity index (χ1v) is 6.81. The van der Waals surface area contributed by atoms with Crippen molar-refractivity contribution in [2.45, 2.75) is 39.2 Å². The third-order valence-electron chi connectivity index (χ3n) is 2.93. The van der Waals surface area contributed by atoms with Gasteiger partial charge in [-0.05, 0) is 37.5 Å². The molecule has 1 aromatic carbocycles. The summed E-state index contributed by atoms with van der Waals surface area (Å²) in [5.74, 6) is -0.477. The summed E-state index contributed by atoms with van der Waals surface area (Å²) in [6.07, 6.45) is 3.36. The lowest BCUT2D eigenvalue weighted by Gasteiger charge is -2.12. The fourth-order valence-electron chi connectivity index (χ4n) is 1.74. The van der Waals surface area contributed by atoms with E-state index in [4.69, 9.17) is 0 Å². The molecule has 1 rings (SSSR count). The van der Waals surface area contributed by atoms with E-state index < -0.39 is 18.0 Å². The molecule has 110 valence electrons. The maximum absolute atomic E-state index is 11.7. The first-order chi connectivity index (χ1) is 9.56. The highest BCUT2D eigenvalue weighted by molar-refractivity contribution is 5.92. The van der Waals surface area contributed by atoms with Gasteiger partial charge in [-0.15, -0.1) is 0 Å². The molecule has 0 aromatic heterocycles. The Morgan fingerprint density at radius 2 is 1.90 bits per heavy atom. The van der Waals surface area contributed by atoms with Gasteiger partial charge in [0.15, 0.2) is 0 Å². The normalized spacial score (nSPS) is 11.6. The van der Waals surface area contributed by atoms with Gasteiger partial charge in [0, 0.05) is 5.69 Å². The van der Waals surface area contributed by atoms with Crippen molar-refractivity contribution in [2.24, 2.45) is 0 Å². The molecule has 0 bridgehead atoms. The van der Waals surface area contributed by atoms with Crippen LogP contribution in [0.2, 0.25) is 0 Å². The van der Waals surface area contributed by atoms with Crippen molar-refractivity contribution < 1.29 is 14.3 Å². The number of anilines is 1. The first-order valence-electron chi connectivity index (χ1n) is 6.81. The zero-order valence-electron chi connectivity index (χ0n) is 12.2. The fraction of sp³-hybridized carbons (Fsp3) is 0.467. The van der Waals surface area contributed by atoms with E-state index >= 15 is 0 Å². The molecule has 1 atom stereocenters. The van der Waals surface area contributed by atoms with E-state index in [9.17, 15) is 9.59 Å². The molecular formula is C15H22N2O3. The Labute approximate surface area is 119 Å². The molecule has 0 heterocycles. The number of methoxy groups -OCH3 is 1. The SMILES string of the molecule is CCCCc1ccc(NC(=O)N[C@H](C)C(=O)OC)cc1. The summed E-state index contributed by atoms with van der Waals surface area (Å²) >= 11 is 0. The summed E-state index contributed by atoms with van der Waals surface area (Å²) in [6.45, 7) is 3.72. The number of hydrogen-bond acceptors (Lipinski definition) is 3. The number of aryl methyl sites for hydroxylation is 1. The molecule has 0 aliphatic rings. The lowest BCUT2D eigenvalue weighted by molar-refractivity contribution is -0.142. The quantitative estimate of drug-likeness (QED) is 0.786. The maximum Gasteiger partial charge on any atom is 0.328 e. The van der Waals surface area contributed by atoms with Crippen molar-refractivity contribution in [3.63, 3.8) is 0 Å². The Morgan fingerprint density at radius 1 is 1.25 bits per heavy atom. The summed E-state index contributed by atoms with van der Waals surface area (Å²) < 4.78 is 4.53. The highest BCUT2D eigenvalue weighted by Crippen LogP contribution is 2.11. The average Bonchev–Trinajstić information content (AvgIpc) is 2.45. The third-order valence-corrected chi connectivity index (χ3v) is 2.93. The van der Waals surface area contributed by atoms with Crippen LogP contribution in [0.4, 0.5) is 10.5 Å². The van der Waals surface area contributed by atoms with Crippen LogP contribution in [0.3, 0.4) is 0 Å². The van der Waals surface area contributed by atoms with Crippen LogP contribution in [0, 0.1) is 0 Å². The zero-order chi connectivity index (χ0) is 15.0. The van der Waals surface area contributed by atoms with E-state index in [1.807, 2.05) is 24.3 Å². The summed E-state index contributed by atoms with van der Waals surface area (Å²) in [6, 6.07) is 6.60. The van der Waals surface area contributed by atoms with Gasteiger partial charge in [0.1, 0.15) is 6.04 Å². The summed E-state index contributed by atoms with van der Waals surface area (Å²) in [7, 11) is 1.29. The smallest absolute Gasteiger partial charge is 0.328 e. The molecule has 0 saturated carbocycles. The van der Waals surface area contributed by atoms with Gasteiger partial charge in [0.05, 0.1) is 7.11 Å². The van der Waals surface area contributed by atoms with E-state index in [0.717, 1.165) is 19.3 Å². The lowest BCUT2D eigenvalue weighted by Crippen LogP contribution is -2.41. The minimum Gasteiger partial charge on any atom is -0.467 e. The Hall–Kier alpha value is -2.04. The van der Waals surface area contributed by atoms with Gasteiger partial charge in [0.25, 0.3) is 0 Å². The number of ether oxygens (including phenoxy) is 1. The average molecular weight is 278 g/mol. The zero-order valence-corrected chi connectivity index (χ0v) is 12.2. The Balaban J connectivity index is 2.47. The van der Waals surface area contributed by atoms with Gasteiger partial charge < -0.3 is 15.4 Å². The predicted molar refractivity (Wildman–Crippen MR) is 78.7 cm³/mol. The van der Waals surface area contributed by atoms with E-state index in [1.54, 1.807) is 6.92 Å². The van der Waals surface area contributed by atoms with Crippen LogP contribution in [0.25, 0.3) is 0 Å². The van der Waals surface area contributed by atoms with Crippen LogP contribution in [-0.4, -0.2) is 25.2 Å². The molecule has 0 unspecified atom stereocenters. The molecule has 2 amide bonds. The molecule has 0 aliphatic heterocycles. The molecule has 0 spiro atoms. The van der Waals surface area contributed by atoms with Crippen molar-refractivity contribution in [2.75, 3.05) is 12.4 Å². The number of carbonyl (C=O) groups is 2. The highest BCUT2D eigenvalue weighted by Gasteiger charge is 2.15. The standard InChI is InChI=1S/C15H22N2O3/c1-4-5-6-12-7-9-13(10-8-12)17-15(19)16-11(2)14(18)20-3/h7-11H,4-6H2,1-3H3,(H2,16,17,19)/t11-/m1/s1. The van der Waals surface area contributed by atoms with E-state index in [0.29, 0.717) is 5.69 Å². The van der Waals surface area contributed by atoms with Crippen molar-refractivity contribution in [1.82, 2.24) is 5.32 Å². The van der Waals surface area contributed by atoms with Crippen LogP contribution >= 0.6 is 0 Å². The number of unbranched alkanes of at least 4 members (excludes halogenated alkanes) is 1. The number of urea groups is 1. The molecule has 0 fully saturated rings. The molecular weight excluding hydrogens is 256 g/mol.